The second-order valence-electron chi connectivity index (χ2n) is 6.37. The van der Waals surface area contributed by atoms with E-state index in [9.17, 15) is 4.79 Å². The number of carbonyl (C=O) groups is 1. The molecular formula is C17H35N3O. The molecule has 1 saturated carbocycles. The number of carbonyl (C=O) groups excluding carboxylic acids is 1. The minimum absolute atomic E-state index is 0.0414. The highest BCUT2D eigenvalue weighted by atomic mass is 16.2. The monoisotopic (exact) mass is 297 g/mol. The Morgan fingerprint density at radius 1 is 1.24 bits per heavy atom. The highest BCUT2D eigenvalue weighted by Gasteiger charge is 2.29. The lowest BCUT2D eigenvalue weighted by Gasteiger charge is -2.38. The van der Waals surface area contributed by atoms with E-state index in [4.69, 9.17) is 5.73 Å². The molecule has 4 nitrogen and oxygen atoms in total. The minimum Gasteiger partial charge on any atom is -0.352 e. The van der Waals surface area contributed by atoms with Crippen molar-refractivity contribution >= 4 is 5.91 Å². The zero-order valence-corrected chi connectivity index (χ0v) is 14.2. The first-order valence-electron chi connectivity index (χ1n) is 8.90. The highest BCUT2D eigenvalue weighted by molar-refractivity contribution is 5.81. The lowest BCUT2D eigenvalue weighted by Crippen LogP contribution is -2.52. The van der Waals surface area contributed by atoms with Crippen molar-refractivity contribution in [2.45, 2.75) is 90.3 Å². The summed E-state index contributed by atoms with van der Waals surface area (Å²) in [6, 6.07) is 0.829. The highest BCUT2D eigenvalue weighted by Crippen LogP contribution is 2.24. The molecule has 21 heavy (non-hydrogen) atoms. The molecule has 1 unspecified atom stereocenters. The predicted molar refractivity (Wildman–Crippen MR) is 89.2 cm³/mol. The molecule has 0 aromatic carbocycles. The molecule has 1 atom stereocenters. The van der Waals surface area contributed by atoms with Gasteiger partial charge in [-0.1, -0.05) is 33.1 Å². The summed E-state index contributed by atoms with van der Waals surface area (Å²) in [6.45, 7) is 7.96. The van der Waals surface area contributed by atoms with Crippen LogP contribution in [-0.2, 0) is 4.79 Å². The number of hydrogen-bond acceptors (Lipinski definition) is 3. The van der Waals surface area contributed by atoms with E-state index in [0.717, 1.165) is 25.8 Å². The number of nitrogens with one attached hydrogen (secondary N) is 1. The topological polar surface area (TPSA) is 58.4 Å². The molecule has 1 fully saturated rings. The normalized spacial score (nSPS) is 18.2. The fourth-order valence-corrected chi connectivity index (χ4v) is 3.34. The molecule has 0 aliphatic heterocycles. The molecule has 0 spiro atoms. The molecule has 3 N–H and O–H groups in total. The summed E-state index contributed by atoms with van der Waals surface area (Å²) in [5, 5.41) is 3.20. The SMILES string of the molecule is CCC(CC)NC(=O)C(C)N(CCCN)C1CCCCC1. The Labute approximate surface area is 130 Å². The summed E-state index contributed by atoms with van der Waals surface area (Å²) in [4.78, 5) is 14.9. The van der Waals surface area contributed by atoms with Gasteiger partial charge in [0.05, 0.1) is 6.04 Å². The van der Waals surface area contributed by atoms with Gasteiger partial charge in [0.1, 0.15) is 0 Å². The van der Waals surface area contributed by atoms with Gasteiger partial charge in [-0.25, -0.2) is 0 Å². The number of nitrogens with zero attached hydrogens (tertiary/aromatic N) is 1. The Bertz CT molecular complexity index is 286. The second kappa shape index (κ2) is 10.2. The van der Waals surface area contributed by atoms with Crippen molar-refractivity contribution in [3.8, 4) is 0 Å². The maximum absolute atomic E-state index is 12.5. The van der Waals surface area contributed by atoms with Crippen molar-refractivity contribution < 1.29 is 4.79 Å². The molecule has 1 aliphatic carbocycles. The Kier molecular flexibility index (Phi) is 8.93. The summed E-state index contributed by atoms with van der Waals surface area (Å²) >= 11 is 0. The first-order valence-corrected chi connectivity index (χ1v) is 8.90. The van der Waals surface area contributed by atoms with Crippen LogP contribution in [0.25, 0.3) is 0 Å². The molecule has 1 amide bonds. The van der Waals surface area contributed by atoms with E-state index in [1.807, 2.05) is 0 Å². The van der Waals surface area contributed by atoms with Gasteiger partial charge in [0.25, 0.3) is 0 Å². The van der Waals surface area contributed by atoms with E-state index < -0.39 is 0 Å². The van der Waals surface area contributed by atoms with Gasteiger partial charge in [-0.05, 0) is 45.6 Å². The third-order valence-corrected chi connectivity index (χ3v) is 4.87. The predicted octanol–water partition coefficient (Wildman–Crippen LogP) is 2.66. The fraction of sp³-hybridized carbons (Fsp3) is 0.941. The average molecular weight is 297 g/mol. The van der Waals surface area contributed by atoms with Crippen LogP contribution in [0, 0.1) is 0 Å². The first-order chi connectivity index (χ1) is 10.1. The average Bonchev–Trinajstić information content (AvgIpc) is 2.53. The zero-order chi connectivity index (χ0) is 15.7. The summed E-state index contributed by atoms with van der Waals surface area (Å²) < 4.78 is 0. The van der Waals surface area contributed by atoms with Crippen molar-refractivity contribution in [3.63, 3.8) is 0 Å². The van der Waals surface area contributed by atoms with Gasteiger partial charge in [-0.15, -0.1) is 0 Å². The molecular weight excluding hydrogens is 262 g/mol. The van der Waals surface area contributed by atoms with Gasteiger partial charge in [-0.2, -0.15) is 0 Å². The van der Waals surface area contributed by atoms with Gasteiger partial charge >= 0.3 is 0 Å². The number of rotatable bonds is 9. The van der Waals surface area contributed by atoms with Gasteiger partial charge < -0.3 is 11.1 Å². The van der Waals surface area contributed by atoms with Crippen LogP contribution in [-0.4, -0.2) is 42.0 Å². The molecule has 0 radical (unpaired) electrons. The Balaban J connectivity index is 2.64. The summed E-state index contributed by atoms with van der Waals surface area (Å²) in [6.07, 6.45) is 9.37. The van der Waals surface area contributed by atoms with Crippen LogP contribution >= 0.6 is 0 Å². The molecule has 0 aromatic rings. The fourth-order valence-electron chi connectivity index (χ4n) is 3.34. The van der Waals surface area contributed by atoms with E-state index in [-0.39, 0.29) is 11.9 Å². The molecule has 4 heteroatoms. The van der Waals surface area contributed by atoms with Crippen LogP contribution in [0.3, 0.4) is 0 Å². The molecule has 1 aliphatic rings. The van der Waals surface area contributed by atoms with Crippen LogP contribution < -0.4 is 11.1 Å². The van der Waals surface area contributed by atoms with Crippen LogP contribution in [0.4, 0.5) is 0 Å². The van der Waals surface area contributed by atoms with E-state index in [1.165, 1.54) is 32.1 Å². The van der Waals surface area contributed by atoms with Crippen LogP contribution in [0.15, 0.2) is 0 Å². The Morgan fingerprint density at radius 3 is 2.38 bits per heavy atom. The summed E-state index contributed by atoms with van der Waals surface area (Å²) in [5.41, 5.74) is 5.68. The summed E-state index contributed by atoms with van der Waals surface area (Å²) in [5.74, 6) is 0.186. The number of hydrogen-bond donors (Lipinski definition) is 2. The van der Waals surface area contributed by atoms with E-state index in [1.54, 1.807) is 0 Å². The first kappa shape index (κ1) is 18.4. The van der Waals surface area contributed by atoms with E-state index >= 15 is 0 Å². The van der Waals surface area contributed by atoms with Crippen LogP contribution in [0.1, 0.15) is 72.1 Å². The lowest BCUT2D eigenvalue weighted by molar-refractivity contribution is -0.127. The van der Waals surface area contributed by atoms with Crippen LogP contribution in [0.2, 0.25) is 0 Å². The number of amides is 1. The summed E-state index contributed by atoms with van der Waals surface area (Å²) in [7, 11) is 0. The third kappa shape index (κ3) is 5.95. The molecule has 124 valence electrons. The smallest absolute Gasteiger partial charge is 0.237 e. The van der Waals surface area contributed by atoms with Crippen molar-refractivity contribution in [1.82, 2.24) is 10.2 Å². The number of nitrogens with two attached hydrogens (primary N) is 1. The largest absolute Gasteiger partial charge is 0.352 e. The van der Waals surface area contributed by atoms with E-state index in [2.05, 4.69) is 31.0 Å². The zero-order valence-electron chi connectivity index (χ0n) is 14.2. The van der Waals surface area contributed by atoms with Gasteiger partial charge in [-0.3, -0.25) is 9.69 Å². The van der Waals surface area contributed by atoms with Crippen molar-refractivity contribution in [1.29, 1.82) is 0 Å². The standard InChI is InChI=1S/C17H35N3O/c1-4-15(5-2)19-17(21)14(3)20(13-9-12-18)16-10-7-6-8-11-16/h14-16H,4-13,18H2,1-3H3,(H,19,21). The Morgan fingerprint density at radius 2 is 1.86 bits per heavy atom. The van der Waals surface area contributed by atoms with Gasteiger partial charge in [0, 0.05) is 18.6 Å². The third-order valence-electron chi connectivity index (χ3n) is 4.87. The van der Waals surface area contributed by atoms with Gasteiger partial charge in [0.15, 0.2) is 0 Å². The van der Waals surface area contributed by atoms with Crippen molar-refractivity contribution in [2.24, 2.45) is 5.73 Å². The molecule has 0 heterocycles. The van der Waals surface area contributed by atoms with Gasteiger partial charge in [0.2, 0.25) is 5.91 Å². The van der Waals surface area contributed by atoms with E-state index in [0.29, 0.717) is 18.6 Å². The molecule has 0 aromatic heterocycles. The molecule has 1 rings (SSSR count). The van der Waals surface area contributed by atoms with Crippen molar-refractivity contribution in [2.75, 3.05) is 13.1 Å². The second-order valence-corrected chi connectivity index (χ2v) is 6.37. The van der Waals surface area contributed by atoms with Crippen molar-refractivity contribution in [3.05, 3.63) is 0 Å². The van der Waals surface area contributed by atoms with Crippen LogP contribution in [0.5, 0.6) is 0 Å². The quantitative estimate of drug-likeness (QED) is 0.688. The lowest BCUT2D eigenvalue weighted by atomic mass is 9.93. The Hall–Kier alpha value is -0.610. The maximum Gasteiger partial charge on any atom is 0.237 e. The molecule has 0 bridgehead atoms. The maximum atomic E-state index is 12.5. The molecule has 0 saturated heterocycles. The minimum atomic E-state index is -0.0414.